The van der Waals surface area contributed by atoms with Gasteiger partial charge in [-0.3, -0.25) is 0 Å². The summed E-state index contributed by atoms with van der Waals surface area (Å²) in [5.74, 6) is -1.73. The molecule has 8 heteroatoms. The van der Waals surface area contributed by atoms with E-state index in [1.165, 1.54) is 18.2 Å². The Labute approximate surface area is 125 Å². The Kier molecular flexibility index (Phi) is 4.46. The summed E-state index contributed by atoms with van der Waals surface area (Å²) in [6.45, 7) is -0.0500. The molecule has 0 aliphatic rings. The normalized spacial score (nSPS) is 11.4. The van der Waals surface area contributed by atoms with Gasteiger partial charge in [0.15, 0.2) is 11.6 Å². The molecule has 0 heterocycles. The highest BCUT2D eigenvalue weighted by Crippen LogP contribution is 2.27. The number of halogens is 3. The topological polar surface area (TPSA) is 69.4 Å². The highest BCUT2D eigenvalue weighted by atomic mass is 35.5. The Hall–Kier alpha value is -1.70. The molecule has 2 N–H and O–H groups in total. The zero-order valence-corrected chi connectivity index (χ0v) is 12.1. The largest absolute Gasteiger partial charge is 0.487 e. The molecule has 21 heavy (non-hydrogen) atoms. The van der Waals surface area contributed by atoms with Crippen LogP contribution in [0.25, 0.3) is 0 Å². The van der Waals surface area contributed by atoms with Crippen LogP contribution in [0.5, 0.6) is 5.75 Å². The van der Waals surface area contributed by atoms with Crippen molar-refractivity contribution in [3.8, 4) is 5.75 Å². The van der Waals surface area contributed by atoms with Crippen LogP contribution in [-0.2, 0) is 16.6 Å². The first-order valence-electron chi connectivity index (χ1n) is 5.66. The standard InChI is InChI=1S/C13H10ClF2NO3S/c14-10-6-9(21(17,18)19)2-4-13(10)20-7-8-1-3-11(15)12(16)5-8/h1-6H,7H2,(H2,17,18,19). The second-order valence-electron chi connectivity index (χ2n) is 4.17. The summed E-state index contributed by atoms with van der Waals surface area (Å²) in [4.78, 5) is -0.146. The van der Waals surface area contributed by atoms with Crippen LogP contribution in [-0.4, -0.2) is 8.42 Å². The van der Waals surface area contributed by atoms with Crippen molar-refractivity contribution in [3.05, 3.63) is 58.6 Å². The van der Waals surface area contributed by atoms with Gasteiger partial charge in [0.05, 0.1) is 9.92 Å². The summed E-state index contributed by atoms with van der Waals surface area (Å²) < 4.78 is 53.4. The average Bonchev–Trinajstić information content (AvgIpc) is 2.40. The predicted octanol–water partition coefficient (Wildman–Crippen LogP) is 2.84. The van der Waals surface area contributed by atoms with Crippen molar-refractivity contribution in [1.82, 2.24) is 0 Å². The molecule has 0 spiro atoms. The van der Waals surface area contributed by atoms with Crippen molar-refractivity contribution in [3.63, 3.8) is 0 Å². The molecular weight excluding hydrogens is 324 g/mol. The minimum absolute atomic E-state index is 0.0455. The summed E-state index contributed by atoms with van der Waals surface area (Å²) >= 11 is 5.88. The molecule has 0 bridgehead atoms. The van der Waals surface area contributed by atoms with Gasteiger partial charge in [-0.15, -0.1) is 0 Å². The van der Waals surface area contributed by atoms with E-state index in [-0.39, 0.29) is 22.3 Å². The quantitative estimate of drug-likeness (QED) is 0.935. The van der Waals surface area contributed by atoms with E-state index in [1.54, 1.807) is 0 Å². The lowest BCUT2D eigenvalue weighted by Gasteiger charge is -2.09. The zero-order valence-electron chi connectivity index (χ0n) is 10.5. The van der Waals surface area contributed by atoms with Gasteiger partial charge in [0.1, 0.15) is 12.4 Å². The lowest BCUT2D eigenvalue weighted by atomic mass is 10.2. The molecule has 0 amide bonds. The van der Waals surface area contributed by atoms with Crippen LogP contribution in [0.2, 0.25) is 5.02 Å². The number of hydrogen-bond donors (Lipinski definition) is 1. The Morgan fingerprint density at radius 3 is 2.38 bits per heavy atom. The van der Waals surface area contributed by atoms with E-state index in [0.29, 0.717) is 5.56 Å². The van der Waals surface area contributed by atoms with Crippen LogP contribution >= 0.6 is 11.6 Å². The molecule has 0 aliphatic heterocycles. The maximum absolute atomic E-state index is 13.0. The number of primary sulfonamides is 1. The number of rotatable bonds is 4. The molecule has 4 nitrogen and oxygen atoms in total. The Balaban J connectivity index is 2.15. The number of sulfonamides is 1. The molecule has 0 atom stereocenters. The van der Waals surface area contributed by atoms with E-state index in [2.05, 4.69) is 0 Å². The van der Waals surface area contributed by atoms with Crippen molar-refractivity contribution in [1.29, 1.82) is 0 Å². The number of nitrogens with two attached hydrogens (primary N) is 1. The molecule has 0 saturated carbocycles. The lowest BCUT2D eigenvalue weighted by molar-refractivity contribution is 0.305. The van der Waals surface area contributed by atoms with E-state index in [4.69, 9.17) is 21.5 Å². The van der Waals surface area contributed by atoms with Crippen LogP contribution in [0.1, 0.15) is 5.56 Å². The summed E-state index contributed by atoms with van der Waals surface area (Å²) in [6, 6.07) is 7.08. The molecule has 2 aromatic rings. The summed E-state index contributed by atoms with van der Waals surface area (Å²) in [5.41, 5.74) is 0.403. The summed E-state index contributed by atoms with van der Waals surface area (Å²) in [5, 5.41) is 5.01. The van der Waals surface area contributed by atoms with Gasteiger partial charge in [0.2, 0.25) is 10.0 Å². The van der Waals surface area contributed by atoms with Gasteiger partial charge in [-0.2, -0.15) is 0 Å². The Morgan fingerprint density at radius 1 is 1.10 bits per heavy atom. The Morgan fingerprint density at radius 2 is 1.81 bits per heavy atom. The molecule has 0 aliphatic carbocycles. The SMILES string of the molecule is NS(=O)(=O)c1ccc(OCc2ccc(F)c(F)c2)c(Cl)c1. The third-order valence-electron chi connectivity index (χ3n) is 2.61. The van der Waals surface area contributed by atoms with E-state index >= 15 is 0 Å². The van der Waals surface area contributed by atoms with E-state index in [0.717, 1.165) is 18.2 Å². The van der Waals surface area contributed by atoms with Crippen molar-refractivity contribution in [2.45, 2.75) is 11.5 Å². The maximum Gasteiger partial charge on any atom is 0.238 e. The second kappa shape index (κ2) is 5.97. The van der Waals surface area contributed by atoms with Gasteiger partial charge < -0.3 is 4.74 Å². The van der Waals surface area contributed by atoms with Gasteiger partial charge in [-0.1, -0.05) is 17.7 Å². The fourth-order valence-corrected chi connectivity index (χ4v) is 2.41. The first-order chi connectivity index (χ1) is 9.77. The first-order valence-corrected chi connectivity index (χ1v) is 7.59. The maximum atomic E-state index is 13.0. The molecule has 0 unspecified atom stereocenters. The van der Waals surface area contributed by atoms with Gasteiger partial charge >= 0.3 is 0 Å². The van der Waals surface area contributed by atoms with Gasteiger partial charge in [0, 0.05) is 0 Å². The highest BCUT2D eigenvalue weighted by molar-refractivity contribution is 7.89. The third-order valence-corrected chi connectivity index (χ3v) is 3.82. The Bertz CT molecular complexity index is 781. The van der Waals surface area contributed by atoms with Crippen molar-refractivity contribution < 1.29 is 21.9 Å². The third kappa shape index (κ3) is 3.90. The molecule has 2 rings (SSSR count). The molecular formula is C13H10ClF2NO3S. The van der Waals surface area contributed by atoms with Crippen LogP contribution in [0.3, 0.4) is 0 Å². The number of hydrogen-bond acceptors (Lipinski definition) is 3. The van der Waals surface area contributed by atoms with E-state index < -0.39 is 21.7 Å². The smallest absolute Gasteiger partial charge is 0.238 e. The molecule has 0 fully saturated rings. The molecule has 0 saturated heterocycles. The van der Waals surface area contributed by atoms with E-state index in [1.807, 2.05) is 0 Å². The fourth-order valence-electron chi connectivity index (χ4n) is 1.57. The van der Waals surface area contributed by atoms with Gasteiger partial charge in [-0.25, -0.2) is 22.3 Å². The lowest BCUT2D eigenvalue weighted by Crippen LogP contribution is -2.12. The van der Waals surface area contributed by atoms with Crippen molar-refractivity contribution >= 4 is 21.6 Å². The summed E-state index contributed by atoms with van der Waals surface area (Å²) in [6.07, 6.45) is 0. The van der Waals surface area contributed by atoms with Gasteiger partial charge in [0.25, 0.3) is 0 Å². The second-order valence-corrected chi connectivity index (χ2v) is 6.14. The van der Waals surface area contributed by atoms with E-state index in [9.17, 15) is 17.2 Å². The molecule has 0 aromatic heterocycles. The molecule has 0 radical (unpaired) electrons. The minimum Gasteiger partial charge on any atom is -0.487 e. The molecule has 112 valence electrons. The van der Waals surface area contributed by atoms with Crippen LogP contribution in [0, 0.1) is 11.6 Å². The number of benzene rings is 2. The zero-order chi connectivity index (χ0) is 15.6. The average molecular weight is 334 g/mol. The van der Waals surface area contributed by atoms with Crippen LogP contribution in [0.15, 0.2) is 41.3 Å². The summed E-state index contributed by atoms with van der Waals surface area (Å²) in [7, 11) is -3.85. The predicted molar refractivity (Wildman–Crippen MR) is 73.5 cm³/mol. The van der Waals surface area contributed by atoms with Crippen LogP contribution in [0.4, 0.5) is 8.78 Å². The van der Waals surface area contributed by atoms with Crippen molar-refractivity contribution in [2.75, 3.05) is 0 Å². The van der Waals surface area contributed by atoms with Crippen molar-refractivity contribution in [2.24, 2.45) is 5.14 Å². The minimum atomic E-state index is -3.85. The van der Waals surface area contributed by atoms with Gasteiger partial charge in [-0.05, 0) is 35.9 Å². The first kappa shape index (κ1) is 15.7. The fraction of sp³-hybridized carbons (Fsp3) is 0.0769. The number of ether oxygens (including phenoxy) is 1. The molecule has 2 aromatic carbocycles. The monoisotopic (exact) mass is 333 g/mol. The van der Waals surface area contributed by atoms with Crippen LogP contribution < -0.4 is 9.88 Å². The highest BCUT2D eigenvalue weighted by Gasteiger charge is 2.11.